The van der Waals surface area contributed by atoms with Crippen LogP contribution in [0.25, 0.3) is 22.6 Å². The van der Waals surface area contributed by atoms with Crippen LogP contribution in [0.15, 0.2) is 71.1 Å². The largest absolute Gasteiger partial charge is 0.455 e. The van der Waals surface area contributed by atoms with Gasteiger partial charge in [0, 0.05) is 17.7 Å². The molecule has 0 radical (unpaired) electrons. The number of benzene rings is 3. The highest BCUT2D eigenvalue weighted by Crippen LogP contribution is 2.36. The van der Waals surface area contributed by atoms with Crippen LogP contribution >= 0.6 is 0 Å². The number of hydrogen-bond donors (Lipinski definition) is 1. The van der Waals surface area contributed by atoms with Crippen molar-refractivity contribution >= 4 is 11.1 Å². The van der Waals surface area contributed by atoms with Gasteiger partial charge in [0.25, 0.3) is 0 Å². The zero-order valence-electron chi connectivity index (χ0n) is 14.5. The summed E-state index contributed by atoms with van der Waals surface area (Å²) in [7, 11) is 0. The molecule has 3 aromatic carbocycles. The summed E-state index contributed by atoms with van der Waals surface area (Å²) in [5, 5.41) is 0. The lowest BCUT2D eigenvalue weighted by atomic mass is 10.2. The molecule has 28 heavy (non-hydrogen) atoms. The number of oxazole rings is 1. The Labute approximate surface area is 158 Å². The monoisotopic (exact) mass is 384 g/mol. The van der Waals surface area contributed by atoms with Gasteiger partial charge in [0.05, 0.1) is 5.56 Å². The summed E-state index contributed by atoms with van der Waals surface area (Å²) in [5.74, 6) is 1.05. The highest BCUT2D eigenvalue weighted by molar-refractivity contribution is 5.85. The zero-order valence-corrected chi connectivity index (χ0v) is 14.5. The Balaban J connectivity index is 1.74. The van der Waals surface area contributed by atoms with E-state index in [0.29, 0.717) is 22.7 Å². The normalized spacial score (nSPS) is 11.7. The summed E-state index contributed by atoms with van der Waals surface area (Å²) in [6.45, 7) is 0.250. The minimum absolute atomic E-state index is 0.250. The molecule has 7 heteroatoms. The molecular weight excluding hydrogens is 369 g/mol. The van der Waals surface area contributed by atoms with Gasteiger partial charge in [-0.1, -0.05) is 24.3 Å². The molecule has 4 nitrogen and oxygen atoms in total. The van der Waals surface area contributed by atoms with Crippen LogP contribution in [0.3, 0.4) is 0 Å². The lowest BCUT2D eigenvalue weighted by Crippen LogP contribution is -2.04. The number of rotatable bonds is 4. The summed E-state index contributed by atoms with van der Waals surface area (Å²) in [4.78, 5) is 4.52. The van der Waals surface area contributed by atoms with Crippen molar-refractivity contribution < 1.29 is 22.3 Å². The van der Waals surface area contributed by atoms with E-state index in [1.807, 2.05) is 30.3 Å². The molecule has 0 saturated heterocycles. The van der Waals surface area contributed by atoms with Gasteiger partial charge in [-0.15, -0.1) is 0 Å². The second kappa shape index (κ2) is 7.01. The average molecular weight is 384 g/mol. The summed E-state index contributed by atoms with van der Waals surface area (Å²) in [6, 6.07) is 17.3. The molecule has 0 amide bonds. The Morgan fingerprint density at radius 1 is 0.929 bits per heavy atom. The number of nitrogens with two attached hydrogens (primary N) is 1. The molecule has 0 bridgehead atoms. The zero-order chi connectivity index (χ0) is 19.7. The van der Waals surface area contributed by atoms with E-state index in [-0.39, 0.29) is 12.3 Å². The van der Waals surface area contributed by atoms with Gasteiger partial charge >= 0.3 is 6.18 Å². The lowest BCUT2D eigenvalue weighted by Gasteiger charge is -2.09. The maximum atomic E-state index is 12.7. The van der Waals surface area contributed by atoms with Crippen molar-refractivity contribution in [1.82, 2.24) is 4.98 Å². The topological polar surface area (TPSA) is 61.3 Å². The van der Waals surface area contributed by atoms with Crippen molar-refractivity contribution in [3.63, 3.8) is 0 Å². The van der Waals surface area contributed by atoms with E-state index in [1.54, 1.807) is 12.1 Å². The Morgan fingerprint density at radius 2 is 1.64 bits per heavy atom. The van der Waals surface area contributed by atoms with Gasteiger partial charge < -0.3 is 14.9 Å². The summed E-state index contributed by atoms with van der Waals surface area (Å²) in [5.41, 5.74) is 7.55. The SMILES string of the molecule is NCc1ccc(Oc2ccc(C(F)(F)F)cc2)c2nc(-c3ccccc3)oc12. The molecule has 4 rings (SSSR count). The van der Waals surface area contributed by atoms with E-state index in [9.17, 15) is 13.2 Å². The first-order chi connectivity index (χ1) is 13.5. The number of fused-ring (bicyclic) bond motifs is 1. The second-order valence-electron chi connectivity index (χ2n) is 6.11. The van der Waals surface area contributed by atoms with Gasteiger partial charge in [-0.3, -0.25) is 0 Å². The molecule has 0 atom stereocenters. The molecule has 142 valence electrons. The van der Waals surface area contributed by atoms with Gasteiger partial charge in [0.2, 0.25) is 5.89 Å². The van der Waals surface area contributed by atoms with Gasteiger partial charge in [-0.2, -0.15) is 13.2 Å². The van der Waals surface area contributed by atoms with Crippen LogP contribution < -0.4 is 10.5 Å². The minimum atomic E-state index is -4.40. The Morgan fingerprint density at radius 3 is 2.29 bits per heavy atom. The van der Waals surface area contributed by atoms with Crippen LogP contribution in [-0.4, -0.2) is 4.98 Å². The Kier molecular flexibility index (Phi) is 4.52. The molecule has 0 unspecified atom stereocenters. The molecule has 0 spiro atoms. The quantitative estimate of drug-likeness (QED) is 0.486. The molecule has 0 fully saturated rings. The summed E-state index contributed by atoms with van der Waals surface area (Å²) < 4.78 is 49.9. The number of hydrogen-bond acceptors (Lipinski definition) is 4. The minimum Gasteiger partial charge on any atom is -0.455 e. The number of alkyl halides is 3. The van der Waals surface area contributed by atoms with Gasteiger partial charge in [0.15, 0.2) is 16.8 Å². The van der Waals surface area contributed by atoms with Crippen molar-refractivity contribution in [3.05, 3.63) is 77.9 Å². The van der Waals surface area contributed by atoms with Crippen LogP contribution in [0.2, 0.25) is 0 Å². The number of aromatic nitrogens is 1. The number of nitrogens with zero attached hydrogens (tertiary/aromatic N) is 1. The first kappa shape index (κ1) is 18.1. The van der Waals surface area contributed by atoms with Crippen LogP contribution in [0.5, 0.6) is 11.5 Å². The predicted molar refractivity (Wildman–Crippen MR) is 98.9 cm³/mol. The Bertz CT molecular complexity index is 1100. The van der Waals surface area contributed by atoms with E-state index in [2.05, 4.69) is 4.98 Å². The van der Waals surface area contributed by atoms with Crippen molar-refractivity contribution in [3.8, 4) is 23.0 Å². The molecule has 1 heterocycles. The van der Waals surface area contributed by atoms with E-state index in [1.165, 1.54) is 12.1 Å². The van der Waals surface area contributed by atoms with Crippen molar-refractivity contribution in [1.29, 1.82) is 0 Å². The van der Waals surface area contributed by atoms with E-state index in [0.717, 1.165) is 23.3 Å². The highest BCUT2D eigenvalue weighted by Gasteiger charge is 2.30. The molecule has 1 aromatic heterocycles. The number of ether oxygens (including phenoxy) is 1. The van der Waals surface area contributed by atoms with E-state index in [4.69, 9.17) is 14.9 Å². The number of halogens is 3. The fourth-order valence-electron chi connectivity index (χ4n) is 2.82. The van der Waals surface area contributed by atoms with Crippen LogP contribution in [-0.2, 0) is 12.7 Å². The molecule has 0 aliphatic rings. The molecule has 2 N–H and O–H groups in total. The van der Waals surface area contributed by atoms with Gasteiger partial charge in [-0.25, -0.2) is 4.98 Å². The highest BCUT2D eigenvalue weighted by atomic mass is 19.4. The van der Waals surface area contributed by atoms with E-state index < -0.39 is 11.7 Å². The van der Waals surface area contributed by atoms with Crippen molar-refractivity contribution in [2.24, 2.45) is 5.73 Å². The van der Waals surface area contributed by atoms with Crippen LogP contribution in [0, 0.1) is 0 Å². The first-order valence-corrected chi connectivity index (χ1v) is 8.49. The summed E-state index contributed by atoms with van der Waals surface area (Å²) in [6.07, 6.45) is -4.40. The fourth-order valence-corrected chi connectivity index (χ4v) is 2.82. The summed E-state index contributed by atoms with van der Waals surface area (Å²) >= 11 is 0. The van der Waals surface area contributed by atoms with Crippen LogP contribution in [0.1, 0.15) is 11.1 Å². The maximum Gasteiger partial charge on any atom is 0.416 e. The molecule has 0 saturated carbocycles. The molecule has 0 aliphatic carbocycles. The average Bonchev–Trinajstić information content (AvgIpc) is 3.15. The van der Waals surface area contributed by atoms with E-state index >= 15 is 0 Å². The van der Waals surface area contributed by atoms with Gasteiger partial charge in [-0.05, 0) is 42.5 Å². The predicted octanol–water partition coefficient (Wildman–Crippen LogP) is 5.76. The standard InChI is InChI=1S/C21H15F3N2O2/c22-21(23,24)15-7-9-16(10-8-15)27-17-11-6-14(12-25)19-18(17)26-20(28-19)13-4-2-1-3-5-13/h1-11H,12,25H2. The third-order valence-corrected chi connectivity index (χ3v) is 4.24. The Hall–Kier alpha value is -3.32. The molecular formula is C21H15F3N2O2. The lowest BCUT2D eigenvalue weighted by molar-refractivity contribution is -0.137. The first-order valence-electron chi connectivity index (χ1n) is 8.49. The third-order valence-electron chi connectivity index (χ3n) is 4.24. The van der Waals surface area contributed by atoms with Gasteiger partial charge in [0.1, 0.15) is 5.75 Å². The smallest absolute Gasteiger partial charge is 0.416 e. The molecule has 4 aromatic rings. The second-order valence-corrected chi connectivity index (χ2v) is 6.11. The molecule has 0 aliphatic heterocycles. The fraction of sp³-hybridized carbons (Fsp3) is 0.0952. The van der Waals surface area contributed by atoms with Crippen molar-refractivity contribution in [2.45, 2.75) is 12.7 Å². The maximum absolute atomic E-state index is 12.7. The van der Waals surface area contributed by atoms with Crippen LogP contribution in [0.4, 0.5) is 13.2 Å². The third kappa shape index (κ3) is 3.44. The van der Waals surface area contributed by atoms with Crippen molar-refractivity contribution in [2.75, 3.05) is 0 Å².